The van der Waals surface area contributed by atoms with E-state index in [2.05, 4.69) is 5.32 Å². The van der Waals surface area contributed by atoms with Gasteiger partial charge in [-0.25, -0.2) is 4.39 Å². The second kappa shape index (κ2) is 9.58. The average molecular weight is 395 g/mol. The topological polar surface area (TPSA) is 73.6 Å². The van der Waals surface area contributed by atoms with E-state index in [0.717, 1.165) is 19.3 Å². The molecule has 27 heavy (non-hydrogen) atoms. The minimum Gasteiger partial charge on any atom is -0.493 e. The summed E-state index contributed by atoms with van der Waals surface area (Å²) < 4.78 is 25.1. The van der Waals surface area contributed by atoms with Crippen molar-refractivity contribution in [2.24, 2.45) is 11.7 Å². The molecule has 1 amide bonds. The Bertz CT molecular complexity index is 788. The fourth-order valence-corrected chi connectivity index (χ4v) is 3.25. The van der Waals surface area contributed by atoms with Crippen molar-refractivity contribution in [1.29, 1.82) is 0 Å². The molecule has 3 N–H and O–H groups in total. The largest absolute Gasteiger partial charge is 0.493 e. The first-order chi connectivity index (χ1) is 12.6. The summed E-state index contributed by atoms with van der Waals surface area (Å²) in [5.74, 6) is 0.479. The fraction of sp³-hybridized carbons (Fsp3) is 0.350. The minimum absolute atomic E-state index is 0. The van der Waals surface area contributed by atoms with Gasteiger partial charge >= 0.3 is 0 Å². The molecule has 0 unspecified atom stereocenters. The number of halogens is 2. The van der Waals surface area contributed by atoms with E-state index in [1.54, 1.807) is 30.3 Å². The Labute approximate surface area is 164 Å². The summed E-state index contributed by atoms with van der Waals surface area (Å²) in [5, 5.41) is 2.73. The number of methoxy groups -OCH3 is 1. The quantitative estimate of drug-likeness (QED) is 0.756. The highest BCUT2D eigenvalue weighted by molar-refractivity contribution is 5.91. The molecule has 2 atom stereocenters. The average Bonchev–Trinajstić information content (AvgIpc) is 3.02. The Morgan fingerprint density at radius 2 is 1.93 bits per heavy atom. The Hall–Kier alpha value is -2.31. The summed E-state index contributed by atoms with van der Waals surface area (Å²) in [5.41, 5.74) is 6.39. The predicted octanol–water partition coefficient (Wildman–Crippen LogP) is 4.50. The molecule has 3 rings (SSSR count). The number of anilines is 1. The third-order valence-corrected chi connectivity index (χ3v) is 4.67. The van der Waals surface area contributed by atoms with Gasteiger partial charge in [0.25, 0.3) is 0 Å². The Morgan fingerprint density at radius 1 is 1.19 bits per heavy atom. The lowest BCUT2D eigenvalue weighted by Crippen LogP contribution is -2.28. The van der Waals surface area contributed by atoms with Crippen LogP contribution in [0.4, 0.5) is 10.1 Å². The molecule has 1 saturated carbocycles. The van der Waals surface area contributed by atoms with Gasteiger partial charge in [0, 0.05) is 24.2 Å². The van der Waals surface area contributed by atoms with Crippen LogP contribution in [0.2, 0.25) is 0 Å². The zero-order valence-corrected chi connectivity index (χ0v) is 15.9. The van der Waals surface area contributed by atoms with Crippen LogP contribution in [0.25, 0.3) is 0 Å². The molecule has 0 heterocycles. The summed E-state index contributed by atoms with van der Waals surface area (Å²) in [6.45, 7) is 0. The van der Waals surface area contributed by atoms with Crippen molar-refractivity contribution in [3.8, 4) is 17.2 Å². The number of hydrogen-bond donors (Lipinski definition) is 2. The standard InChI is InChI=1S/C20H23FN2O3.ClH/c1-25-18-7-2-3-8-19(18)26-17-10-9-14(12-15(17)21)23-20(24)11-13-5-4-6-16(13)22;/h2-3,7-10,12-13,16H,4-6,11,22H2,1H3,(H,23,24);1H/t13-,16+;/m0./s1. The highest BCUT2D eigenvalue weighted by atomic mass is 35.5. The molecule has 146 valence electrons. The molecule has 1 fully saturated rings. The van der Waals surface area contributed by atoms with Gasteiger partial charge in [-0.15, -0.1) is 12.4 Å². The Morgan fingerprint density at radius 3 is 2.56 bits per heavy atom. The molecule has 0 saturated heterocycles. The molecule has 0 aromatic heterocycles. The number of carbonyl (C=O) groups is 1. The third kappa shape index (κ3) is 5.34. The normalized spacial score (nSPS) is 18.5. The lowest BCUT2D eigenvalue weighted by atomic mass is 10.00. The smallest absolute Gasteiger partial charge is 0.224 e. The van der Waals surface area contributed by atoms with E-state index in [1.807, 2.05) is 0 Å². The second-order valence-corrected chi connectivity index (χ2v) is 6.51. The number of hydrogen-bond acceptors (Lipinski definition) is 4. The van der Waals surface area contributed by atoms with Crippen LogP contribution in [0.1, 0.15) is 25.7 Å². The maximum absolute atomic E-state index is 14.4. The van der Waals surface area contributed by atoms with Crippen LogP contribution < -0.4 is 20.5 Å². The summed E-state index contributed by atoms with van der Waals surface area (Å²) >= 11 is 0. The molecule has 0 bridgehead atoms. The van der Waals surface area contributed by atoms with Crippen LogP contribution in [0, 0.1) is 11.7 Å². The van der Waals surface area contributed by atoms with E-state index in [-0.39, 0.29) is 36.0 Å². The number of ether oxygens (including phenoxy) is 2. The fourth-order valence-electron chi connectivity index (χ4n) is 3.25. The van der Waals surface area contributed by atoms with Crippen LogP contribution in [-0.4, -0.2) is 19.1 Å². The molecule has 0 aliphatic heterocycles. The number of nitrogens with two attached hydrogens (primary N) is 1. The molecule has 0 radical (unpaired) electrons. The van der Waals surface area contributed by atoms with E-state index < -0.39 is 5.82 Å². The lowest BCUT2D eigenvalue weighted by molar-refractivity contribution is -0.117. The van der Waals surface area contributed by atoms with Crippen molar-refractivity contribution in [2.75, 3.05) is 12.4 Å². The molecule has 0 spiro atoms. The van der Waals surface area contributed by atoms with Gasteiger partial charge in [-0.3, -0.25) is 4.79 Å². The van der Waals surface area contributed by atoms with Crippen molar-refractivity contribution in [3.63, 3.8) is 0 Å². The first-order valence-electron chi connectivity index (χ1n) is 8.72. The first-order valence-corrected chi connectivity index (χ1v) is 8.72. The number of amides is 1. The first kappa shape index (κ1) is 21.0. The van der Waals surface area contributed by atoms with E-state index in [4.69, 9.17) is 15.2 Å². The van der Waals surface area contributed by atoms with Gasteiger partial charge in [0.2, 0.25) is 5.91 Å². The van der Waals surface area contributed by atoms with Gasteiger partial charge in [-0.05, 0) is 43.0 Å². The SMILES string of the molecule is COc1ccccc1Oc1ccc(NC(=O)C[C@@H]2CCC[C@H]2N)cc1F.Cl. The van der Waals surface area contributed by atoms with Crippen molar-refractivity contribution in [3.05, 3.63) is 48.3 Å². The third-order valence-electron chi connectivity index (χ3n) is 4.67. The number of para-hydroxylation sites is 2. The van der Waals surface area contributed by atoms with Gasteiger partial charge in [-0.1, -0.05) is 18.6 Å². The predicted molar refractivity (Wildman–Crippen MR) is 105 cm³/mol. The van der Waals surface area contributed by atoms with Gasteiger partial charge in [0.1, 0.15) is 0 Å². The summed E-state index contributed by atoms with van der Waals surface area (Å²) in [6, 6.07) is 11.4. The van der Waals surface area contributed by atoms with Crippen LogP contribution in [0.3, 0.4) is 0 Å². The molecular weight excluding hydrogens is 371 g/mol. The van der Waals surface area contributed by atoms with E-state index in [0.29, 0.717) is 23.6 Å². The molecule has 7 heteroatoms. The van der Waals surface area contributed by atoms with Crippen LogP contribution in [-0.2, 0) is 4.79 Å². The number of nitrogens with one attached hydrogen (secondary N) is 1. The van der Waals surface area contributed by atoms with Gasteiger partial charge < -0.3 is 20.5 Å². The van der Waals surface area contributed by atoms with Crippen molar-refractivity contribution in [2.45, 2.75) is 31.7 Å². The highest BCUT2D eigenvalue weighted by Gasteiger charge is 2.26. The van der Waals surface area contributed by atoms with E-state index in [9.17, 15) is 9.18 Å². The summed E-state index contributed by atoms with van der Waals surface area (Å²) in [4.78, 5) is 12.1. The lowest BCUT2D eigenvalue weighted by Gasteiger charge is -2.15. The van der Waals surface area contributed by atoms with Crippen LogP contribution in [0.5, 0.6) is 17.2 Å². The molecule has 1 aliphatic rings. The summed E-state index contributed by atoms with van der Waals surface area (Å²) in [6.07, 6.45) is 3.35. The summed E-state index contributed by atoms with van der Waals surface area (Å²) in [7, 11) is 1.52. The second-order valence-electron chi connectivity index (χ2n) is 6.51. The number of benzene rings is 2. The highest BCUT2D eigenvalue weighted by Crippen LogP contribution is 2.33. The Kier molecular flexibility index (Phi) is 7.45. The maximum atomic E-state index is 14.4. The monoisotopic (exact) mass is 394 g/mol. The zero-order chi connectivity index (χ0) is 18.5. The van der Waals surface area contributed by atoms with Crippen LogP contribution >= 0.6 is 12.4 Å². The van der Waals surface area contributed by atoms with E-state index in [1.165, 1.54) is 19.2 Å². The van der Waals surface area contributed by atoms with Gasteiger partial charge in [-0.2, -0.15) is 0 Å². The zero-order valence-electron chi connectivity index (χ0n) is 15.1. The number of rotatable bonds is 6. The van der Waals surface area contributed by atoms with Crippen molar-refractivity contribution < 1.29 is 18.7 Å². The molecule has 5 nitrogen and oxygen atoms in total. The van der Waals surface area contributed by atoms with E-state index >= 15 is 0 Å². The van der Waals surface area contributed by atoms with Gasteiger partial charge in [0.15, 0.2) is 23.1 Å². The molecule has 2 aromatic carbocycles. The van der Waals surface area contributed by atoms with Gasteiger partial charge in [0.05, 0.1) is 7.11 Å². The maximum Gasteiger partial charge on any atom is 0.224 e. The molecule has 2 aromatic rings. The Balaban J connectivity index is 0.00000261. The van der Waals surface area contributed by atoms with Crippen molar-refractivity contribution in [1.82, 2.24) is 0 Å². The van der Waals surface area contributed by atoms with Crippen LogP contribution in [0.15, 0.2) is 42.5 Å². The number of carbonyl (C=O) groups excluding carboxylic acids is 1. The minimum atomic E-state index is -0.564. The molecule has 1 aliphatic carbocycles. The molecular formula is C20H24ClFN2O3. The van der Waals surface area contributed by atoms with Crippen molar-refractivity contribution >= 4 is 24.0 Å².